The van der Waals surface area contributed by atoms with Crippen molar-refractivity contribution < 1.29 is 9.53 Å². The third-order valence-electron chi connectivity index (χ3n) is 1.39. The topological polar surface area (TPSA) is 26.3 Å². The molecule has 1 aliphatic heterocycles. The van der Waals surface area contributed by atoms with Crippen molar-refractivity contribution in [2.45, 2.75) is 18.8 Å². The predicted molar refractivity (Wildman–Crippen MR) is 49.6 cm³/mol. The molecule has 0 aromatic heterocycles. The van der Waals surface area contributed by atoms with Crippen LogP contribution in [0.2, 0.25) is 0 Å². The molecule has 0 radical (unpaired) electrons. The predicted octanol–water partition coefficient (Wildman–Crippen LogP) is 2.29. The van der Waals surface area contributed by atoms with Crippen LogP contribution < -0.4 is 0 Å². The summed E-state index contributed by atoms with van der Waals surface area (Å²) in [6.45, 7) is 3.91. The van der Waals surface area contributed by atoms with Gasteiger partial charge in [-0.15, -0.1) is 11.8 Å². The first-order chi connectivity index (χ1) is 5.08. The first kappa shape index (κ1) is 9.13. The molecule has 0 aromatic rings. The Morgan fingerprint density at radius 2 is 2.45 bits per heavy atom. The minimum atomic E-state index is -0.480. The van der Waals surface area contributed by atoms with Gasteiger partial charge in [0, 0.05) is 6.08 Å². The number of hydrogen-bond acceptors (Lipinski definition) is 3. The number of esters is 1. The zero-order chi connectivity index (χ0) is 8.48. The molecule has 1 atom stereocenters. The van der Waals surface area contributed by atoms with Crippen LogP contribution in [0.1, 0.15) is 13.8 Å². The van der Waals surface area contributed by atoms with Crippen LogP contribution in [0.3, 0.4) is 0 Å². The van der Waals surface area contributed by atoms with Crippen molar-refractivity contribution in [1.29, 1.82) is 0 Å². The van der Waals surface area contributed by atoms with Crippen molar-refractivity contribution in [2.75, 3.05) is 5.75 Å². The number of hydrogen-bond donors (Lipinski definition) is 0. The number of carbonyl (C=O) groups is 1. The van der Waals surface area contributed by atoms with Crippen LogP contribution in [-0.2, 0) is 9.53 Å². The number of rotatable bonds is 2. The van der Waals surface area contributed by atoms with Crippen molar-refractivity contribution in [3.8, 4) is 0 Å². The van der Waals surface area contributed by atoms with E-state index in [1.807, 2.05) is 13.8 Å². The molecule has 11 heavy (non-hydrogen) atoms. The van der Waals surface area contributed by atoms with Gasteiger partial charge in [0.1, 0.15) is 0 Å². The second-order valence-electron chi connectivity index (χ2n) is 2.29. The Kier molecular flexibility index (Phi) is 2.65. The molecule has 0 fully saturated rings. The summed E-state index contributed by atoms with van der Waals surface area (Å²) in [5.41, 5.74) is 0. The SMILES string of the molecule is CCSC1(C)OC(=O)C=C1Br. The largest absolute Gasteiger partial charge is 0.440 e. The lowest BCUT2D eigenvalue weighted by atomic mass is 10.4. The molecule has 1 rings (SSSR count). The van der Waals surface area contributed by atoms with E-state index in [-0.39, 0.29) is 5.97 Å². The van der Waals surface area contributed by atoms with E-state index < -0.39 is 4.93 Å². The van der Waals surface area contributed by atoms with Gasteiger partial charge < -0.3 is 4.74 Å². The van der Waals surface area contributed by atoms with E-state index in [0.717, 1.165) is 10.2 Å². The van der Waals surface area contributed by atoms with E-state index in [4.69, 9.17) is 4.74 Å². The quantitative estimate of drug-likeness (QED) is 0.689. The van der Waals surface area contributed by atoms with Crippen LogP contribution in [0.4, 0.5) is 0 Å². The molecule has 2 nitrogen and oxygen atoms in total. The highest BCUT2D eigenvalue weighted by atomic mass is 79.9. The van der Waals surface area contributed by atoms with E-state index in [1.54, 1.807) is 11.8 Å². The van der Waals surface area contributed by atoms with E-state index >= 15 is 0 Å². The molecular weight excluding hydrogens is 228 g/mol. The Bertz CT molecular complexity index is 214. The summed E-state index contributed by atoms with van der Waals surface area (Å²) < 4.78 is 5.91. The van der Waals surface area contributed by atoms with Crippen LogP contribution in [-0.4, -0.2) is 16.7 Å². The van der Waals surface area contributed by atoms with Crippen LogP contribution >= 0.6 is 27.7 Å². The summed E-state index contributed by atoms with van der Waals surface area (Å²) in [5, 5.41) is 0. The second-order valence-corrected chi connectivity index (χ2v) is 4.79. The van der Waals surface area contributed by atoms with Gasteiger partial charge in [0.05, 0.1) is 4.48 Å². The van der Waals surface area contributed by atoms with Gasteiger partial charge in [0.15, 0.2) is 4.93 Å². The minimum Gasteiger partial charge on any atom is -0.440 e. The maximum atomic E-state index is 10.8. The Labute approximate surface area is 78.5 Å². The van der Waals surface area contributed by atoms with E-state index in [9.17, 15) is 4.79 Å². The van der Waals surface area contributed by atoms with Gasteiger partial charge in [-0.25, -0.2) is 4.79 Å². The number of thioether (sulfide) groups is 1. The van der Waals surface area contributed by atoms with Crippen LogP contribution in [0.25, 0.3) is 0 Å². The first-order valence-corrected chi connectivity index (χ1v) is 5.11. The molecule has 1 unspecified atom stereocenters. The van der Waals surface area contributed by atoms with Crippen molar-refractivity contribution >= 4 is 33.7 Å². The summed E-state index contributed by atoms with van der Waals surface area (Å²) in [6, 6.07) is 0. The molecule has 0 amide bonds. The highest BCUT2D eigenvalue weighted by Crippen LogP contribution is 2.41. The number of ether oxygens (including phenoxy) is 1. The molecule has 0 N–H and O–H groups in total. The lowest BCUT2D eigenvalue weighted by Crippen LogP contribution is -2.21. The third kappa shape index (κ3) is 1.79. The smallest absolute Gasteiger partial charge is 0.333 e. The zero-order valence-corrected chi connectivity index (χ0v) is 8.79. The van der Waals surface area contributed by atoms with Gasteiger partial charge in [-0.05, 0) is 12.7 Å². The van der Waals surface area contributed by atoms with Crippen LogP contribution in [0.15, 0.2) is 10.6 Å². The molecule has 62 valence electrons. The molecular formula is C7H9BrO2S. The molecule has 0 aliphatic carbocycles. The van der Waals surface area contributed by atoms with Gasteiger partial charge >= 0.3 is 5.97 Å². The lowest BCUT2D eigenvalue weighted by molar-refractivity contribution is -0.139. The summed E-state index contributed by atoms with van der Waals surface area (Å²) in [6.07, 6.45) is 1.47. The fraction of sp³-hybridized carbons (Fsp3) is 0.571. The number of carbonyl (C=O) groups excluding carboxylic acids is 1. The standard InChI is InChI=1S/C7H9BrO2S/c1-3-11-7(2)5(8)4-6(9)10-7/h4H,3H2,1-2H3. The van der Waals surface area contributed by atoms with Crippen molar-refractivity contribution in [3.05, 3.63) is 10.6 Å². The minimum absolute atomic E-state index is 0.264. The van der Waals surface area contributed by atoms with Gasteiger partial charge in [0.25, 0.3) is 0 Å². The second kappa shape index (κ2) is 3.19. The van der Waals surface area contributed by atoms with Crippen molar-refractivity contribution in [3.63, 3.8) is 0 Å². The maximum Gasteiger partial charge on any atom is 0.333 e. The first-order valence-electron chi connectivity index (χ1n) is 3.33. The summed E-state index contributed by atoms with van der Waals surface area (Å²) in [5.74, 6) is 0.660. The Balaban J connectivity index is 2.74. The monoisotopic (exact) mass is 236 g/mol. The normalized spacial score (nSPS) is 30.1. The molecule has 0 spiro atoms. The molecule has 0 aromatic carbocycles. The molecule has 1 heterocycles. The van der Waals surface area contributed by atoms with Crippen LogP contribution in [0, 0.1) is 0 Å². The zero-order valence-electron chi connectivity index (χ0n) is 6.39. The molecule has 0 saturated heterocycles. The van der Waals surface area contributed by atoms with Crippen molar-refractivity contribution in [2.24, 2.45) is 0 Å². The molecule has 0 saturated carbocycles. The fourth-order valence-corrected chi connectivity index (χ4v) is 2.38. The average molecular weight is 237 g/mol. The lowest BCUT2D eigenvalue weighted by Gasteiger charge is -2.22. The van der Waals surface area contributed by atoms with Crippen LogP contribution in [0.5, 0.6) is 0 Å². The Morgan fingerprint density at radius 3 is 2.82 bits per heavy atom. The highest BCUT2D eigenvalue weighted by molar-refractivity contribution is 9.12. The van der Waals surface area contributed by atoms with E-state index in [0.29, 0.717) is 0 Å². The van der Waals surface area contributed by atoms with Gasteiger partial charge in [-0.3, -0.25) is 0 Å². The highest BCUT2D eigenvalue weighted by Gasteiger charge is 2.37. The summed E-state index contributed by atoms with van der Waals surface area (Å²) in [4.78, 5) is 10.3. The average Bonchev–Trinajstić information content (AvgIpc) is 2.08. The Morgan fingerprint density at radius 1 is 1.82 bits per heavy atom. The number of halogens is 1. The fourth-order valence-electron chi connectivity index (χ4n) is 0.879. The Hall–Kier alpha value is 0.0400. The van der Waals surface area contributed by atoms with Gasteiger partial charge in [-0.2, -0.15) is 0 Å². The van der Waals surface area contributed by atoms with E-state index in [1.165, 1.54) is 6.08 Å². The van der Waals surface area contributed by atoms with Gasteiger partial charge in [-0.1, -0.05) is 22.9 Å². The van der Waals surface area contributed by atoms with Gasteiger partial charge in [0.2, 0.25) is 0 Å². The number of cyclic esters (lactones) is 1. The summed E-state index contributed by atoms with van der Waals surface area (Å²) in [7, 11) is 0. The molecule has 1 aliphatic rings. The third-order valence-corrected chi connectivity index (χ3v) is 3.78. The summed E-state index contributed by atoms with van der Waals surface area (Å²) >= 11 is 4.89. The molecule has 0 bridgehead atoms. The van der Waals surface area contributed by atoms with E-state index in [2.05, 4.69) is 15.9 Å². The molecule has 4 heteroatoms. The maximum absolute atomic E-state index is 10.8. The van der Waals surface area contributed by atoms with Crippen molar-refractivity contribution in [1.82, 2.24) is 0 Å².